The third-order valence-electron chi connectivity index (χ3n) is 6.04. The molecule has 0 amide bonds. The number of hydrogen-bond acceptors (Lipinski definition) is 5. The number of sulfonamides is 1. The number of piperidine rings is 1. The molecule has 2 atom stereocenters. The van der Waals surface area contributed by atoms with E-state index in [2.05, 4.69) is 4.90 Å². The highest BCUT2D eigenvalue weighted by Gasteiger charge is 2.37. The quantitative estimate of drug-likeness (QED) is 0.624. The van der Waals surface area contributed by atoms with E-state index in [9.17, 15) is 13.5 Å². The van der Waals surface area contributed by atoms with Gasteiger partial charge in [0.2, 0.25) is 10.0 Å². The molecule has 2 aliphatic rings. The maximum Gasteiger partial charge on any atom is 0.247 e. The van der Waals surface area contributed by atoms with Crippen molar-refractivity contribution in [2.45, 2.75) is 49.6 Å². The lowest BCUT2D eigenvalue weighted by molar-refractivity contribution is 0.153. The first-order chi connectivity index (χ1) is 15.2. The largest absolute Gasteiger partial charge is 0.456 e. The summed E-state index contributed by atoms with van der Waals surface area (Å²) in [6.45, 7) is 4.35. The zero-order chi connectivity index (χ0) is 22.9. The van der Waals surface area contributed by atoms with Crippen molar-refractivity contribution in [3.63, 3.8) is 0 Å². The van der Waals surface area contributed by atoms with Crippen molar-refractivity contribution >= 4 is 33.2 Å². The monoisotopic (exact) mass is 498 g/mol. The second-order valence-electron chi connectivity index (χ2n) is 8.62. The minimum atomic E-state index is -3.81. The van der Waals surface area contributed by atoms with Crippen LogP contribution >= 0.6 is 23.2 Å². The Kier molecular flexibility index (Phi) is 7.34. The Morgan fingerprint density at radius 2 is 1.81 bits per heavy atom. The Morgan fingerprint density at radius 1 is 1.06 bits per heavy atom. The molecule has 0 bridgehead atoms. The van der Waals surface area contributed by atoms with Gasteiger partial charge in [-0.15, -0.1) is 0 Å². The molecule has 32 heavy (non-hydrogen) atoms. The van der Waals surface area contributed by atoms with E-state index < -0.39 is 10.0 Å². The van der Waals surface area contributed by atoms with Crippen molar-refractivity contribution in [1.82, 2.24) is 9.21 Å². The number of ether oxygens (including phenoxy) is 1. The van der Waals surface area contributed by atoms with Gasteiger partial charge in [0.15, 0.2) is 0 Å². The molecule has 2 unspecified atom stereocenters. The summed E-state index contributed by atoms with van der Waals surface area (Å²) in [6, 6.07) is 9.82. The van der Waals surface area contributed by atoms with Crippen molar-refractivity contribution in [3.05, 3.63) is 52.0 Å². The number of benzene rings is 2. The predicted octanol–water partition coefficient (Wildman–Crippen LogP) is 4.70. The average molecular weight is 499 g/mol. The summed E-state index contributed by atoms with van der Waals surface area (Å²) >= 11 is 12.2. The molecular weight excluding hydrogens is 471 g/mol. The molecule has 0 spiro atoms. The first-order valence-electron chi connectivity index (χ1n) is 10.9. The van der Waals surface area contributed by atoms with E-state index in [1.807, 2.05) is 13.0 Å². The molecule has 2 heterocycles. The highest BCUT2D eigenvalue weighted by Crippen LogP contribution is 2.36. The fourth-order valence-electron chi connectivity index (χ4n) is 4.49. The fraction of sp³-hybridized carbons (Fsp3) is 0.478. The number of aryl methyl sites for hydroxylation is 1. The molecule has 6 nitrogen and oxygen atoms in total. The summed E-state index contributed by atoms with van der Waals surface area (Å²) in [5, 5.41) is 10.7. The van der Waals surface area contributed by atoms with Crippen molar-refractivity contribution < 1.29 is 18.3 Å². The summed E-state index contributed by atoms with van der Waals surface area (Å²) in [5.41, 5.74) is 0.830. The Morgan fingerprint density at radius 3 is 2.50 bits per heavy atom. The van der Waals surface area contributed by atoms with Crippen molar-refractivity contribution in [3.8, 4) is 11.5 Å². The Bertz CT molecular complexity index is 1060. The van der Waals surface area contributed by atoms with Crippen LogP contribution in [0, 0.1) is 6.92 Å². The van der Waals surface area contributed by atoms with Gasteiger partial charge in [0.05, 0.1) is 6.10 Å². The van der Waals surface area contributed by atoms with E-state index in [0.717, 1.165) is 37.8 Å². The van der Waals surface area contributed by atoms with Crippen LogP contribution in [0.4, 0.5) is 0 Å². The van der Waals surface area contributed by atoms with Crippen LogP contribution in [0.25, 0.3) is 0 Å². The van der Waals surface area contributed by atoms with E-state index >= 15 is 0 Å². The van der Waals surface area contributed by atoms with Crippen LogP contribution in [-0.2, 0) is 10.0 Å². The lowest BCUT2D eigenvalue weighted by Crippen LogP contribution is -2.49. The molecule has 0 radical (unpaired) electrons. The molecule has 9 heteroatoms. The number of hydrogen-bond donors (Lipinski definition) is 1. The van der Waals surface area contributed by atoms with Crippen LogP contribution < -0.4 is 4.74 Å². The highest BCUT2D eigenvalue weighted by molar-refractivity contribution is 7.89. The van der Waals surface area contributed by atoms with Gasteiger partial charge in [0.25, 0.3) is 0 Å². The predicted molar refractivity (Wildman–Crippen MR) is 126 cm³/mol. The molecule has 2 saturated heterocycles. The maximum absolute atomic E-state index is 13.9. The van der Waals surface area contributed by atoms with Gasteiger partial charge in [-0.25, -0.2) is 8.42 Å². The van der Waals surface area contributed by atoms with Crippen molar-refractivity contribution in [2.75, 3.05) is 26.2 Å². The molecule has 2 aliphatic heterocycles. The van der Waals surface area contributed by atoms with E-state index in [0.29, 0.717) is 35.4 Å². The molecule has 0 saturated carbocycles. The summed E-state index contributed by atoms with van der Waals surface area (Å²) in [7, 11) is -3.81. The van der Waals surface area contributed by atoms with Crippen molar-refractivity contribution in [2.24, 2.45) is 0 Å². The third-order valence-corrected chi connectivity index (χ3v) is 8.45. The van der Waals surface area contributed by atoms with E-state index in [-0.39, 0.29) is 22.8 Å². The smallest absolute Gasteiger partial charge is 0.247 e. The number of β-amino-alcohol motifs (C(OH)–C–C–N with tert-alkyl or cyclic N) is 1. The lowest BCUT2D eigenvalue weighted by Gasteiger charge is -2.37. The van der Waals surface area contributed by atoms with Crippen LogP contribution in [0.2, 0.25) is 10.0 Å². The van der Waals surface area contributed by atoms with Crippen LogP contribution in [-0.4, -0.2) is 61.1 Å². The molecule has 2 fully saturated rings. The highest BCUT2D eigenvalue weighted by atomic mass is 35.5. The summed E-state index contributed by atoms with van der Waals surface area (Å²) in [5.74, 6) is 0.624. The number of aliphatic hydroxyl groups is 1. The van der Waals surface area contributed by atoms with Crippen molar-refractivity contribution in [1.29, 1.82) is 0 Å². The molecule has 1 N–H and O–H groups in total. The maximum atomic E-state index is 13.9. The second-order valence-corrected chi connectivity index (χ2v) is 11.4. The van der Waals surface area contributed by atoms with Gasteiger partial charge < -0.3 is 9.84 Å². The molecule has 2 aromatic rings. The molecule has 0 aromatic heterocycles. The van der Waals surface area contributed by atoms with Gasteiger partial charge in [-0.3, -0.25) is 4.90 Å². The van der Waals surface area contributed by atoms with E-state index in [4.69, 9.17) is 27.9 Å². The molecule has 2 aromatic carbocycles. The minimum Gasteiger partial charge on any atom is -0.456 e. The topological polar surface area (TPSA) is 70.1 Å². The van der Waals surface area contributed by atoms with Gasteiger partial charge in [0.1, 0.15) is 16.4 Å². The zero-order valence-electron chi connectivity index (χ0n) is 18.0. The Hall–Kier alpha value is -1.35. The van der Waals surface area contributed by atoms with Crippen LogP contribution in [0.3, 0.4) is 0 Å². The second kappa shape index (κ2) is 9.87. The molecule has 174 valence electrons. The average Bonchev–Trinajstić information content (AvgIpc) is 3.13. The van der Waals surface area contributed by atoms with Gasteiger partial charge in [-0.05, 0) is 62.1 Å². The minimum absolute atomic E-state index is 0.131. The number of likely N-dealkylation sites (tertiary alicyclic amines) is 1. The van der Waals surface area contributed by atoms with Gasteiger partial charge in [-0.1, -0.05) is 35.7 Å². The Balaban J connectivity index is 1.65. The van der Waals surface area contributed by atoms with Gasteiger partial charge >= 0.3 is 0 Å². The summed E-state index contributed by atoms with van der Waals surface area (Å²) in [4.78, 5) is 2.30. The normalized spacial score (nSPS) is 22.9. The summed E-state index contributed by atoms with van der Waals surface area (Å²) < 4.78 is 35.3. The lowest BCUT2D eigenvalue weighted by atomic mass is 10.0. The zero-order valence-corrected chi connectivity index (χ0v) is 20.3. The van der Waals surface area contributed by atoms with E-state index in [1.54, 1.807) is 34.6 Å². The number of nitrogens with zero attached hydrogens (tertiary/aromatic N) is 2. The number of halogens is 2. The van der Waals surface area contributed by atoms with E-state index in [1.165, 1.54) is 0 Å². The van der Waals surface area contributed by atoms with Crippen LogP contribution in [0.15, 0.2) is 41.3 Å². The Labute approximate surface area is 199 Å². The third kappa shape index (κ3) is 5.41. The standard InChI is InChI=1S/C23H28Cl2N2O4S/c1-16-5-6-22(31-21-12-17(24)11-18(25)13-21)23(10-16)32(29,30)27-8-3-2-4-19(27)14-26-9-7-20(28)15-26/h5-6,10-13,19-20,28H,2-4,7-9,14-15H2,1H3. The fourth-order valence-corrected chi connectivity index (χ4v) is 6.88. The number of aliphatic hydroxyl groups excluding tert-OH is 1. The molecule has 4 rings (SSSR count). The summed E-state index contributed by atoms with van der Waals surface area (Å²) in [6.07, 6.45) is 3.02. The van der Waals surface area contributed by atoms with Crippen LogP contribution in [0.5, 0.6) is 11.5 Å². The van der Waals surface area contributed by atoms with Gasteiger partial charge in [-0.2, -0.15) is 4.31 Å². The SMILES string of the molecule is Cc1ccc(Oc2cc(Cl)cc(Cl)c2)c(S(=O)(=O)N2CCCCC2CN2CCC(O)C2)c1. The molecule has 0 aliphatic carbocycles. The van der Waals surface area contributed by atoms with Gasteiger partial charge in [0, 0.05) is 42.3 Å². The van der Waals surface area contributed by atoms with Crippen LogP contribution in [0.1, 0.15) is 31.2 Å². The first kappa shape index (κ1) is 23.8. The number of rotatable bonds is 6. The first-order valence-corrected chi connectivity index (χ1v) is 13.1. The molecular formula is C23H28Cl2N2O4S.